The number of carbonyl (C=O) groups excluding carboxylic acids is 3. The Hall–Kier alpha value is -4.25. The third-order valence-electron chi connectivity index (χ3n) is 8.12. The largest absolute Gasteiger partial charge is 0.507 e. The Labute approximate surface area is 289 Å². The van der Waals surface area contributed by atoms with Crippen molar-refractivity contribution in [2.24, 2.45) is 9.98 Å². The van der Waals surface area contributed by atoms with E-state index in [1.54, 1.807) is 12.1 Å². The van der Waals surface area contributed by atoms with Gasteiger partial charge >= 0.3 is 17.9 Å². The first-order valence-corrected chi connectivity index (χ1v) is 16.4. The number of benzene rings is 2. The quantitative estimate of drug-likeness (QED) is 0.193. The van der Waals surface area contributed by atoms with Crippen molar-refractivity contribution in [3.8, 4) is 11.5 Å². The van der Waals surface area contributed by atoms with Crippen LogP contribution in [0.1, 0.15) is 111 Å². The fourth-order valence-corrected chi connectivity index (χ4v) is 5.53. The molecule has 0 saturated carbocycles. The first-order chi connectivity index (χ1) is 22.5. The number of aromatic hydroxyl groups is 2. The lowest BCUT2D eigenvalue weighted by Gasteiger charge is -2.42. The average molecular weight is 681 g/mol. The molecule has 0 aliphatic carbocycles. The van der Waals surface area contributed by atoms with E-state index in [-0.39, 0.29) is 28.9 Å². The maximum atomic E-state index is 12.5. The fourth-order valence-electron chi connectivity index (χ4n) is 5.53. The van der Waals surface area contributed by atoms with Crippen LogP contribution in [0.25, 0.3) is 0 Å². The lowest BCUT2D eigenvalue weighted by atomic mass is 9.79. The van der Waals surface area contributed by atoms with E-state index in [0.717, 1.165) is 11.1 Å². The molecule has 2 N–H and O–H groups in total. The Kier molecular flexibility index (Phi) is 12.1. The van der Waals surface area contributed by atoms with Crippen LogP contribution in [-0.4, -0.2) is 77.7 Å². The summed E-state index contributed by atoms with van der Waals surface area (Å²) in [5.41, 5.74) is 2.21. The van der Waals surface area contributed by atoms with Crippen LogP contribution in [0.5, 0.6) is 11.5 Å². The molecule has 0 aromatic heterocycles. The molecule has 1 heterocycles. The molecule has 11 heteroatoms. The Morgan fingerprint density at radius 3 is 1.82 bits per heavy atom. The Balaban J connectivity index is 2.26. The number of para-hydroxylation sites is 1. The van der Waals surface area contributed by atoms with E-state index in [9.17, 15) is 24.6 Å². The number of aliphatic imine (C=N–C) groups is 2. The van der Waals surface area contributed by atoms with E-state index in [0.29, 0.717) is 16.7 Å². The van der Waals surface area contributed by atoms with Crippen molar-refractivity contribution in [1.29, 1.82) is 0 Å². The van der Waals surface area contributed by atoms with Gasteiger partial charge in [-0.1, -0.05) is 80.5 Å². The predicted octanol–water partition coefficient (Wildman–Crippen LogP) is 6.05. The lowest BCUT2D eigenvalue weighted by molar-refractivity contribution is -0.218. The molecule has 1 saturated heterocycles. The maximum absolute atomic E-state index is 12.5. The van der Waals surface area contributed by atoms with Gasteiger partial charge in [0.15, 0.2) is 18.4 Å². The van der Waals surface area contributed by atoms with E-state index in [2.05, 4.69) is 25.8 Å². The normalized spacial score (nSPS) is 21.9. The van der Waals surface area contributed by atoms with Crippen molar-refractivity contribution in [3.63, 3.8) is 0 Å². The zero-order valence-electron chi connectivity index (χ0n) is 30.8. The number of rotatable bonds is 8. The van der Waals surface area contributed by atoms with Gasteiger partial charge in [0.05, 0.1) is 0 Å². The first-order valence-electron chi connectivity index (χ1n) is 16.4. The zero-order chi connectivity index (χ0) is 37.1. The average Bonchev–Trinajstić information content (AvgIpc) is 2.94. The highest BCUT2D eigenvalue weighted by molar-refractivity contribution is 5.86. The topological polar surface area (TPSA) is 153 Å². The van der Waals surface area contributed by atoms with E-state index < -0.39 is 53.9 Å². The van der Waals surface area contributed by atoms with Crippen molar-refractivity contribution < 1.29 is 43.5 Å². The Morgan fingerprint density at radius 2 is 1.29 bits per heavy atom. The molecule has 268 valence electrons. The number of phenols is 2. The van der Waals surface area contributed by atoms with Gasteiger partial charge in [-0.05, 0) is 39.5 Å². The van der Waals surface area contributed by atoms with E-state index in [1.165, 1.54) is 33.2 Å². The molecule has 0 bridgehead atoms. The highest BCUT2D eigenvalue weighted by Gasteiger charge is 2.50. The smallest absolute Gasteiger partial charge is 0.303 e. The summed E-state index contributed by atoms with van der Waals surface area (Å²) in [7, 11) is 0. The van der Waals surface area contributed by atoms with Crippen LogP contribution in [0.2, 0.25) is 0 Å². The second-order valence-corrected chi connectivity index (χ2v) is 15.5. The Morgan fingerprint density at radius 1 is 0.735 bits per heavy atom. The minimum Gasteiger partial charge on any atom is -0.507 e. The van der Waals surface area contributed by atoms with Gasteiger partial charge in [0.1, 0.15) is 30.3 Å². The molecule has 2 aromatic rings. The number of phenolic OH excluding ortho intramolecular Hbond substituents is 2. The fraction of sp³-hybridized carbons (Fsp3) is 0.553. The van der Waals surface area contributed by atoms with Gasteiger partial charge in [-0.25, -0.2) is 0 Å². The van der Waals surface area contributed by atoms with Crippen LogP contribution < -0.4 is 0 Å². The van der Waals surface area contributed by atoms with Crippen LogP contribution in [0, 0.1) is 0 Å². The van der Waals surface area contributed by atoms with Crippen molar-refractivity contribution >= 4 is 30.3 Å². The van der Waals surface area contributed by atoms with Gasteiger partial charge in [-0.3, -0.25) is 24.4 Å². The highest BCUT2D eigenvalue weighted by Crippen LogP contribution is 2.38. The van der Waals surface area contributed by atoms with Gasteiger partial charge in [0, 0.05) is 49.9 Å². The third-order valence-corrected chi connectivity index (χ3v) is 8.12. The van der Waals surface area contributed by atoms with Crippen molar-refractivity contribution in [1.82, 2.24) is 0 Å². The van der Waals surface area contributed by atoms with Gasteiger partial charge in [-0.2, -0.15) is 0 Å². The minimum atomic E-state index is -1.24. The molecule has 1 aliphatic rings. The van der Waals surface area contributed by atoms with E-state index in [1.807, 2.05) is 59.7 Å². The van der Waals surface area contributed by atoms with Crippen molar-refractivity contribution in [2.75, 3.05) is 6.61 Å². The van der Waals surface area contributed by atoms with Crippen LogP contribution in [0.3, 0.4) is 0 Å². The standard InChI is InChI=1S/C38H52N2O9/c1-21(41)46-20-29-33(47-22(2)42)34(48-23(3)43)30(35(49-29)40-18-24-14-13-15-27(31(24)44)37(7,8)9)39-19-25-16-26(36(4,5)6)17-28(32(25)45)38(10,11)12/h13-19,29-30,33-35,44-45H,20H2,1-12H3/b39-19?,40-18+/t29-,30-,33-,34-,35-/m1/s1. The van der Waals surface area contributed by atoms with Gasteiger partial charge in [-0.15, -0.1) is 0 Å². The van der Waals surface area contributed by atoms with E-state index in [4.69, 9.17) is 23.9 Å². The molecule has 11 nitrogen and oxygen atoms in total. The molecule has 2 aromatic carbocycles. The molecule has 49 heavy (non-hydrogen) atoms. The number of nitrogens with zero attached hydrogens (tertiary/aromatic N) is 2. The van der Waals surface area contributed by atoms with Gasteiger partial charge in [0.2, 0.25) is 0 Å². The summed E-state index contributed by atoms with van der Waals surface area (Å²) in [6.07, 6.45) is -1.83. The number of esters is 3. The minimum absolute atomic E-state index is 0.0400. The zero-order valence-corrected chi connectivity index (χ0v) is 30.8. The SMILES string of the molecule is CC(=O)OC[C@H]1O[C@@H](/N=C/c2cccc(C(C)(C)C)c2O)[C@H](N=Cc2cc(C(C)(C)C)cc(C(C)(C)C)c2O)[C@@H](OC(C)=O)[C@@H]1OC(C)=O. The summed E-state index contributed by atoms with van der Waals surface area (Å²) < 4.78 is 22.9. The summed E-state index contributed by atoms with van der Waals surface area (Å²) in [5.74, 6) is -1.88. The number of carbonyl (C=O) groups is 3. The van der Waals surface area contributed by atoms with Crippen LogP contribution in [0.4, 0.5) is 0 Å². The molecule has 0 amide bonds. The Bertz CT molecular complexity index is 1590. The van der Waals surface area contributed by atoms with Crippen LogP contribution in [-0.2, 0) is 49.6 Å². The molecule has 0 radical (unpaired) electrons. The molecule has 3 rings (SSSR count). The molecule has 0 unspecified atom stereocenters. The number of ether oxygens (including phenoxy) is 4. The molecule has 1 aliphatic heterocycles. The lowest BCUT2D eigenvalue weighted by Crippen LogP contribution is -2.60. The summed E-state index contributed by atoms with van der Waals surface area (Å²) in [6.45, 7) is 21.5. The highest BCUT2D eigenvalue weighted by atomic mass is 16.6. The molecule has 5 atom stereocenters. The van der Waals surface area contributed by atoms with Gasteiger partial charge < -0.3 is 29.2 Å². The second kappa shape index (κ2) is 15.1. The van der Waals surface area contributed by atoms with Gasteiger partial charge in [0.25, 0.3) is 0 Å². The molecule has 0 spiro atoms. The molecule has 1 fully saturated rings. The summed E-state index contributed by atoms with van der Waals surface area (Å²) >= 11 is 0. The molecular weight excluding hydrogens is 628 g/mol. The summed E-state index contributed by atoms with van der Waals surface area (Å²) in [6, 6.07) is 8.05. The first kappa shape index (κ1) is 39.2. The van der Waals surface area contributed by atoms with Crippen LogP contribution in [0.15, 0.2) is 40.3 Å². The third kappa shape index (κ3) is 10.1. The van der Waals surface area contributed by atoms with Crippen LogP contribution >= 0.6 is 0 Å². The maximum Gasteiger partial charge on any atom is 0.303 e. The number of hydrogen-bond donors (Lipinski definition) is 2. The van der Waals surface area contributed by atoms with Crippen molar-refractivity contribution in [2.45, 2.75) is 130 Å². The van der Waals surface area contributed by atoms with Crippen molar-refractivity contribution in [3.05, 3.63) is 58.1 Å². The predicted molar refractivity (Wildman–Crippen MR) is 188 cm³/mol. The summed E-state index contributed by atoms with van der Waals surface area (Å²) in [5, 5.41) is 22.6. The summed E-state index contributed by atoms with van der Waals surface area (Å²) in [4.78, 5) is 46.1. The van der Waals surface area contributed by atoms with E-state index >= 15 is 0 Å². The second-order valence-electron chi connectivity index (χ2n) is 15.5. The molecular formula is C38H52N2O9. The number of hydrogen-bond acceptors (Lipinski definition) is 11. The monoisotopic (exact) mass is 680 g/mol.